The van der Waals surface area contributed by atoms with Crippen LogP contribution in [0.25, 0.3) is 27.8 Å². The number of allylic oxidation sites excluding steroid dienone is 4. The fourth-order valence-corrected chi connectivity index (χ4v) is 9.91. The van der Waals surface area contributed by atoms with Crippen molar-refractivity contribution in [2.75, 3.05) is 4.90 Å². The highest BCUT2D eigenvalue weighted by Crippen LogP contribution is 2.58. The van der Waals surface area contributed by atoms with E-state index in [1.807, 2.05) is 0 Å². The zero-order valence-electron chi connectivity index (χ0n) is 31.2. The molecule has 3 aliphatic carbocycles. The van der Waals surface area contributed by atoms with Crippen LogP contribution in [0.2, 0.25) is 0 Å². The van der Waals surface area contributed by atoms with Crippen molar-refractivity contribution in [3.05, 3.63) is 227 Å². The van der Waals surface area contributed by atoms with E-state index in [2.05, 4.69) is 208 Å². The summed E-state index contributed by atoms with van der Waals surface area (Å²) < 4.78 is 0. The summed E-state index contributed by atoms with van der Waals surface area (Å²) >= 11 is 0. The maximum Gasteiger partial charge on any atom is 0.0677 e. The number of aryl methyl sites for hydroxylation is 1. The van der Waals surface area contributed by atoms with Gasteiger partial charge in [-0.25, -0.2) is 0 Å². The lowest BCUT2D eigenvalue weighted by atomic mass is 9.65. The Kier molecular flexibility index (Phi) is 7.49. The van der Waals surface area contributed by atoms with E-state index in [-0.39, 0.29) is 10.8 Å². The van der Waals surface area contributed by atoms with Crippen molar-refractivity contribution in [1.29, 1.82) is 0 Å². The summed E-state index contributed by atoms with van der Waals surface area (Å²) in [6, 6.07) is 63.5. The van der Waals surface area contributed by atoms with Gasteiger partial charge in [-0.05, 0) is 123 Å². The van der Waals surface area contributed by atoms with E-state index >= 15 is 0 Å². The Bertz CT molecular complexity index is 2560. The first-order chi connectivity index (χ1) is 26.5. The summed E-state index contributed by atoms with van der Waals surface area (Å²) in [7, 11) is 0. The number of rotatable bonds is 6. The summed E-state index contributed by atoms with van der Waals surface area (Å²) in [5, 5.41) is 0. The molecule has 7 aromatic rings. The van der Waals surface area contributed by atoms with E-state index in [0.717, 1.165) is 29.9 Å². The quantitative estimate of drug-likeness (QED) is 0.168. The lowest BCUT2D eigenvalue weighted by Gasteiger charge is -2.37. The van der Waals surface area contributed by atoms with Gasteiger partial charge < -0.3 is 4.90 Å². The second-order valence-corrected chi connectivity index (χ2v) is 15.7. The van der Waals surface area contributed by atoms with Crippen molar-refractivity contribution < 1.29 is 0 Å². The zero-order chi connectivity index (χ0) is 36.4. The first-order valence-corrected chi connectivity index (χ1v) is 19.3. The van der Waals surface area contributed by atoms with Crippen LogP contribution in [0.3, 0.4) is 0 Å². The molecule has 0 saturated carbocycles. The molecule has 0 spiro atoms. The Morgan fingerprint density at radius 3 is 1.80 bits per heavy atom. The van der Waals surface area contributed by atoms with Gasteiger partial charge in [0, 0.05) is 22.5 Å². The Labute approximate surface area is 319 Å². The summed E-state index contributed by atoms with van der Waals surface area (Å²) in [4.78, 5) is 2.44. The van der Waals surface area contributed by atoms with Crippen molar-refractivity contribution in [3.8, 4) is 22.3 Å². The molecule has 0 saturated heterocycles. The molecule has 0 N–H and O–H groups in total. The monoisotopic (exact) mass is 693 g/mol. The molecule has 54 heavy (non-hydrogen) atoms. The molecule has 10 rings (SSSR count). The molecular weight excluding hydrogens is 651 g/mol. The molecule has 0 atom stereocenters. The minimum absolute atomic E-state index is 0.0774. The van der Waals surface area contributed by atoms with E-state index in [9.17, 15) is 0 Å². The minimum Gasteiger partial charge on any atom is -0.310 e. The summed E-state index contributed by atoms with van der Waals surface area (Å²) in [5.74, 6) is 0. The smallest absolute Gasteiger partial charge is 0.0677 e. The fourth-order valence-electron chi connectivity index (χ4n) is 9.91. The van der Waals surface area contributed by atoms with Crippen LogP contribution < -0.4 is 4.90 Å². The molecule has 1 heteroatoms. The Morgan fingerprint density at radius 1 is 0.500 bits per heavy atom. The third-order valence-electron chi connectivity index (χ3n) is 12.3. The molecule has 260 valence electrons. The van der Waals surface area contributed by atoms with Gasteiger partial charge in [0.1, 0.15) is 0 Å². The van der Waals surface area contributed by atoms with E-state index in [0.29, 0.717) is 0 Å². The lowest BCUT2D eigenvalue weighted by molar-refractivity contribution is 0.662. The topological polar surface area (TPSA) is 3.24 Å². The molecule has 7 aromatic carbocycles. The standard InChI is InChI=1S/C53H43N/c1-36-25-29-40(30-26-36)54(41-31-27-37(28-32-41)43-21-14-22-47-45-20-10-12-23-48(45)52(2,3)51(43)47)42-33-34-46-44-19-11-13-24-49(44)53(50(46)35-42,38-15-6-4-7-16-38)39-17-8-5-9-18-39/h4-12,14-23,25-35H,13,24H2,1-3H3. The predicted molar refractivity (Wildman–Crippen MR) is 227 cm³/mol. The van der Waals surface area contributed by atoms with Gasteiger partial charge in [0.15, 0.2) is 0 Å². The van der Waals surface area contributed by atoms with Crippen LogP contribution in [0.15, 0.2) is 188 Å². The Morgan fingerprint density at radius 2 is 1.09 bits per heavy atom. The molecule has 0 amide bonds. The normalized spacial score (nSPS) is 15.7. The first kappa shape index (κ1) is 32.5. The molecule has 0 bridgehead atoms. The molecule has 0 aliphatic heterocycles. The third-order valence-corrected chi connectivity index (χ3v) is 12.3. The van der Waals surface area contributed by atoms with Crippen molar-refractivity contribution in [3.63, 3.8) is 0 Å². The number of nitrogens with zero attached hydrogens (tertiary/aromatic N) is 1. The fraction of sp³-hybridized carbons (Fsp3) is 0.132. The van der Waals surface area contributed by atoms with Gasteiger partial charge in [0.25, 0.3) is 0 Å². The van der Waals surface area contributed by atoms with Gasteiger partial charge >= 0.3 is 0 Å². The van der Waals surface area contributed by atoms with Gasteiger partial charge in [-0.1, -0.05) is 165 Å². The maximum absolute atomic E-state index is 2.49. The SMILES string of the molecule is Cc1ccc(N(c2ccc(-c3cccc4c3C(C)(C)c3ccccc3-4)cc2)c2ccc3c(c2)C(c2ccccc2)(c2ccccc2)C2=C3C=CCC2)cc1. The number of hydrogen-bond acceptors (Lipinski definition) is 1. The molecule has 0 fully saturated rings. The zero-order valence-corrected chi connectivity index (χ0v) is 31.2. The number of fused-ring (bicyclic) bond motifs is 5. The van der Waals surface area contributed by atoms with Crippen molar-refractivity contribution in [2.45, 2.75) is 44.4 Å². The highest BCUT2D eigenvalue weighted by molar-refractivity contribution is 5.93. The highest BCUT2D eigenvalue weighted by Gasteiger charge is 2.47. The van der Waals surface area contributed by atoms with Crippen LogP contribution in [-0.4, -0.2) is 0 Å². The van der Waals surface area contributed by atoms with Crippen LogP contribution in [-0.2, 0) is 10.8 Å². The second-order valence-electron chi connectivity index (χ2n) is 15.7. The molecule has 0 heterocycles. The highest BCUT2D eigenvalue weighted by atomic mass is 15.1. The second kappa shape index (κ2) is 12.5. The molecule has 0 radical (unpaired) electrons. The van der Waals surface area contributed by atoms with Crippen LogP contribution in [0.5, 0.6) is 0 Å². The van der Waals surface area contributed by atoms with E-state index in [1.54, 1.807) is 0 Å². The largest absolute Gasteiger partial charge is 0.310 e. The number of anilines is 3. The summed E-state index contributed by atoms with van der Waals surface area (Å²) in [6.07, 6.45) is 6.82. The summed E-state index contributed by atoms with van der Waals surface area (Å²) in [6.45, 7) is 6.90. The number of benzene rings is 7. The van der Waals surface area contributed by atoms with Gasteiger partial charge in [-0.2, -0.15) is 0 Å². The van der Waals surface area contributed by atoms with Crippen molar-refractivity contribution in [1.82, 2.24) is 0 Å². The van der Waals surface area contributed by atoms with Crippen LogP contribution >= 0.6 is 0 Å². The van der Waals surface area contributed by atoms with Crippen molar-refractivity contribution in [2.24, 2.45) is 0 Å². The maximum atomic E-state index is 2.49. The van der Waals surface area contributed by atoms with Gasteiger partial charge in [0.05, 0.1) is 5.41 Å². The lowest BCUT2D eigenvalue weighted by Crippen LogP contribution is -2.30. The van der Waals surface area contributed by atoms with Gasteiger partial charge in [-0.15, -0.1) is 0 Å². The summed E-state index contributed by atoms with van der Waals surface area (Å²) in [5.41, 5.74) is 20.5. The molecule has 0 aromatic heterocycles. The van der Waals surface area contributed by atoms with Gasteiger partial charge in [-0.3, -0.25) is 0 Å². The van der Waals surface area contributed by atoms with E-state index in [1.165, 1.54) is 72.3 Å². The van der Waals surface area contributed by atoms with Crippen LogP contribution in [0.4, 0.5) is 17.1 Å². The molecule has 3 aliphatic rings. The van der Waals surface area contributed by atoms with Crippen LogP contribution in [0.1, 0.15) is 65.6 Å². The Balaban J connectivity index is 1.14. The minimum atomic E-state index is -0.380. The van der Waals surface area contributed by atoms with E-state index in [4.69, 9.17) is 0 Å². The van der Waals surface area contributed by atoms with Gasteiger partial charge in [0.2, 0.25) is 0 Å². The molecular formula is C53H43N. The third kappa shape index (κ3) is 4.78. The number of hydrogen-bond donors (Lipinski definition) is 0. The van der Waals surface area contributed by atoms with Crippen molar-refractivity contribution >= 4 is 22.6 Å². The first-order valence-electron chi connectivity index (χ1n) is 19.3. The molecule has 1 nitrogen and oxygen atoms in total. The average Bonchev–Trinajstić information content (AvgIpc) is 3.65. The molecule has 0 unspecified atom stereocenters. The Hall–Kier alpha value is -6.18. The predicted octanol–water partition coefficient (Wildman–Crippen LogP) is 13.9. The van der Waals surface area contributed by atoms with Crippen LogP contribution in [0, 0.1) is 6.92 Å². The average molecular weight is 694 g/mol. The van der Waals surface area contributed by atoms with E-state index < -0.39 is 0 Å².